The Morgan fingerprint density at radius 3 is 1.93 bits per heavy atom. The molecular weight excluding hydrogens is 885 g/mol. The number of carbonyl (C=O) groups is 2. The fraction of sp³-hybridized carbons (Fsp3) is 0.449. The van der Waals surface area contributed by atoms with Crippen LogP contribution in [-0.2, 0) is 53.1 Å². The third kappa shape index (κ3) is 10.2. The second-order valence-electron chi connectivity index (χ2n) is 17.7. The first-order valence-corrected chi connectivity index (χ1v) is 23.4. The highest BCUT2D eigenvalue weighted by molar-refractivity contribution is 5.95. The minimum Gasteiger partial charge on any atom is -0.461 e. The van der Waals surface area contributed by atoms with Gasteiger partial charge in [-0.15, -0.1) is 0 Å². The zero-order valence-electron chi connectivity index (χ0n) is 41.1. The highest BCUT2D eigenvalue weighted by atomic mass is 16.5. The maximum Gasteiger partial charge on any atom is 0.332 e. The summed E-state index contributed by atoms with van der Waals surface area (Å²) in [6.45, 7) is 13.0. The lowest BCUT2D eigenvalue weighted by atomic mass is 10.1. The molecule has 69 heavy (non-hydrogen) atoms. The van der Waals surface area contributed by atoms with Crippen LogP contribution in [0.15, 0.2) is 80.1 Å². The van der Waals surface area contributed by atoms with Crippen molar-refractivity contribution in [2.75, 3.05) is 24.5 Å². The molecule has 0 bridgehead atoms. The van der Waals surface area contributed by atoms with Crippen LogP contribution in [0.4, 0.5) is 5.69 Å². The van der Waals surface area contributed by atoms with Gasteiger partial charge in [-0.2, -0.15) is 15.1 Å². The fourth-order valence-electron chi connectivity index (χ4n) is 8.52. The first-order chi connectivity index (χ1) is 33.0. The summed E-state index contributed by atoms with van der Waals surface area (Å²) in [5.74, 6) is 1.01. The van der Waals surface area contributed by atoms with Crippen LogP contribution in [0.1, 0.15) is 81.3 Å². The summed E-state index contributed by atoms with van der Waals surface area (Å²) in [4.78, 5) is 88.2. The molecule has 2 saturated heterocycles. The molecule has 0 spiro atoms. The summed E-state index contributed by atoms with van der Waals surface area (Å²) in [7, 11) is 7.90. The lowest BCUT2D eigenvalue weighted by Gasteiger charge is -2.31. The Morgan fingerprint density at radius 1 is 0.768 bits per heavy atom. The molecule has 2 aromatic carbocycles. The van der Waals surface area contributed by atoms with Gasteiger partial charge >= 0.3 is 17.4 Å². The number of nitrogens with zero attached hydrogens (tertiary/aromatic N) is 12. The SMILES string of the molecule is CC.CC(C)CCn1c(OC2CCN(C(=O)c3cnn(C)c3)CC2)nc2c1c(=O)n(C)c(=O)n2C.Cc1cccc(Cn2c(Oc3ccc(N4CCCC4=O)cc3)nc3c2c(=O)n(C)c(=O)n3C)c1. The van der Waals surface area contributed by atoms with Gasteiger partial charge in [0, 0.05) is 92.6 Å². The molecule has 0 unspecified atom stereocenters. The quantitative estimate of drug-likeness (QED) is 0.175. The Kier molecular flexibility index (Phi) is 14.9. The van der Waals surface area contributed by atoms with E-state index in [0.29, 0.717) is 91.9 Å². The van der Waals surface area contributed by atoms with E-state index in [1.54, 1.807) is 69.3 Å². The van der Waals surface area contributed by atoms with E-state index < -0.39 is 16.9 Å². The van der Waals surface area contributed by atoms with Gasteiger partial charge in [-0.1, -0.05) is 57.5 Å². The summed E-state index contributed by atoms with van der Waals surface area (Å²) in [5.41, 5.74) is 3.02. The van der Waals surface area contributed by atoms with Crippen LogP contribution in [0.5, 0.6) is 17.8 Å². The van der Waals surface area contributed by atoms with Crippen LogP contribution in [-0.4, -0.2) is 89.6 Å². The Hall–Kier alpha value is -7.51. The summed E-state index contributed by atoms with van der Waals surface area (Å²) < 4.78 is 22.4. The van der Waals surface area contributed by atoms with Crippen molar-refractivity contribution in [1.82, 2.24) is 52.1 Å². The topological polar surface area (TPSA) is 201 Å². The molecule has 20 nitrogen and oxygen atoms in total. The van der Waals surface area contributed by atoms with Crippen LogP contribution in [0, 0.1) is 12.8 Å². The van der Waals surface area contributed by atoms with Crippen molar-refractivity contribution < 1.29 is 19.1 Å². The largest absolute Gasteiger partial charge is 0.461 e. The number of amides is 2. The molecule has 0 aliphatic carbocycles. The minimum atomic E-state index is -0.455. The molecular formula is C49H62N12O8. The molecule has 0 saturated carbocycles. The smallest absolute Gasteiger partial charge is 0.332 e. The van der Waals surface area contributed by atoms with E-state index >= 15 is 0 Å². The molecule has 5 aromatic heterocycles. The van der Waals surface area contributed by atoms with Gasteiger partial charge in [0.25, 0.3) is 23.0 Å². The van der Waals surface area contributed by atoms with Crippen molar-refractivity contribution in [3.05, 3.63) is 119 Å². The van der Waals surface area contributed by atoms with Gasteiger partial charge in [-0.25, -0.2) is 9.59 Å². The standard InChI is InChI=1S/C25H25N5O4.C22H31N7O4.C2H6/c1-16-6-4-7-17(14-16)15-30-21-22(27(2)25(33)28(3)23(21)32)26-24(30)34-19-11-9-18(10-12-19)29-13-5-8-20(29)31;1-14(2)6-11-29-17-18(26(4)22(32)27(5)20(17)31)24-21(29)33-16-7-9-28(10-8-16)19(30)15-12-23-25(3)13-15;1-2/h4,6-7,9-12,14H,5,8,13,15H2,1-3H3;12-14,16H,6-11H2,1-5H3;1-2H3. The second kappa shape index (κ2) is 20.8. The number of likely N-dealkylation sites (tertiary alicyclic amines) is 1. The summed E-state index contributed by atoms with van der Waals surface area (Å²) in [5, 5.41) is 4.07. The molecule has 0 N–H and O–H groups in total. The van der Waals surface area contributed by atoms with E-state index in [-0.39, 0.29) is 35.1 Å². The van der Waals surface area contributed by atoms with Crippen molar-refractivity contribution in [3.8, 4) is 17.8 Å². The van der Waals surface area contributed by atoms with Crippen molar-refractivity contribution in [1.29, 1.82) is 0 Å². The lowest BCUT2D eigenvalue weighted by Crippen LogP contribution is -2.42. The van der Waals surface area contributed by atoms with E-state index in [0.717, 1.165) is 38.8 Å². The third-order valence-corrected chi connectivity index (χ3v) is 12.4. The van der Waals surface area contributed by atoms with Gasteiger partial charge < -0.3 is 19.3 Å². The number of piperidine rings is 1. The molecule has 0 atom stereocenters. The van der Waals surface area contributed by atoms with E-state index in [2.05, 4.69) is 28.9 Å². The third-order valence-electron chi connectivity index (χ3n) is 12.4. The van der Waals surface area contributed by atoms with E-state index in [4.69, 9.17) is 9.47 Å². The molecule has 7 aromatic rings. The van der Waals surface area contributed by atoms with Gasteiger partial charge in [0.15, 0.2) is 22.3 Å². The number of hydrogen-bond donors (Lipinski definition) is 0. The lowest BCUT2D eigenvalue weighted by molar-refractivity contribution is -0.117. The number of benzene rings is 2. The predicted octanol–water partition coefficient (Wildman–Crippen LogP) is 4.63. The highest BCUT2D eigenvalue weighted by Crippen LogP contribution is 2.29. The summed E-state index contributed by atoms with van der Waals surface area (Å²) >= 11 is 0. The van der Waals surface area contributed by atoms with Crippen molar-refractivity contribution >= 4 is 39.8 Å². The Balaban J connectivity index is 0.000000197. The van der Waals surface area contributed by atoms with Crippen LogP contribution in [0.25, 0.3) is 22.3 Å². The highest BCUT2D eigenvalue weighted by Gasteiger charge is 2.29. The van der Waals surface area contributed by atoms with Crippen molar-refractivity contribution in [2.24, 2.45) is 41.2 Å². The van der Waals surface area contributed by atoms with E-state index in [9.17, 15) is 28.8 Å². The summed E-state index contributed by atoms with van der Waals surface area (Å²) in [6.07, 6.45) is 6.71. The maximum atomic E-state index is 13.1. The first-order valence-electron chi connectivity index (χ1n) is 23.4. The Morgan fingerprint density at radius 2 is 1.38 bits per heavy atom. The second-order valence-corrected chi connectivity index (χ2v) is 17.7. The van der Waals surface area contributed by atoms with Crippen LogP contribution < -0.4 is 36.9 Å². The number of hydrogen-bond acceptors (Lipinski definition) is 11. The predicted molar refractivity (Wildman–Crippen MR) is 262 cm³/mol. The molecule has 20 heteroatoms. The molecule has 366 valence electrons. The van der Waals surface area contributed by atoms with Crippen molar-refractivity contribution in [3.63, 3.8) is 0 Å². The minimum absolute atomic E-state index is 0.0378. The number of aromatic nitrogens is 10. The Bertz CT molecular complexity index is 3250. The number of imidazole rings is 2. The van der Waals surface area contributed by atoms with Crippen LogP contribution in [0.3, 0.4) is 0 Å². The van der Waals surface area contributed by atoms with Gasteiger partial charge in [0.1, 0.15) is 11.9 Å². The number of aryl methyl sites for hydroxylation is 5. The number of ether oxygens (including phenoxy) is 2. The first kappa shape index (κ1) is 49.4. The van der Waals surface area contributed by atoms with Crippen molar-refractivity contribution in [2.45, 2.75) is 85.9 Å². The zero-order chi connectivity index (χ0) is 49.8. The van der Waals surface area contributed by atoms with E-state index in [1.807, 2.05) is 57.2 Å². The number of rotatable bonds is 11. The molecule has 2 fully saturated rings. The van der Waals surface area contributed by atoms with Gasteiger partial charge in [-0.3, -0.25) is 51.3 Å². The molecule has 0 radical (unpaired) electrons. The number of fused-ring (bicyclic) bond motifs is 2. The van der Waals surface area contributed by atoms with Gasteiger partial charge in [0.05, 0.1) is 18.3 Å². The van der Waals surface area contributed by atoms with Crippen LogP contribution >= 0.6 is 0 Å². The Labute approximate surface area is 398 Å². The van der Waals surface area contributed by atoms with Gasteiger partial charge in [0.2, 0.25) is 5.91 Å². The average Bonchev–Trinajstić information content (AvgIpc) is 4.15. The monoisotopic (exact) mass is 946 g/mol. The number of anilines is 1. The zero-order valence-corrected chi connectivity index (χ0v) is 41.1. The molecule has 9 rings (SSSR count). The van der Waals surface area contributed by atoms with E-state index in [1.165, 1.54) is 23.2 Å². The van der Waals surface area contributed by atoms with Crippen LogP contribution in [0.2, 0.25) is 0 Å². The molecule has 7 heterocycles. The average molecular weight is 947 g/mol. The van der Waals surface area contributed by atoms with Gasteiger partial charge in [-0.05, 0) is 55.5 Å². The normalized spacial score (nSPS) is 14.0. The number of carbonyl (C=O) groups excluding carboxylic acids is 2. The molecule has 2 aliphatic rings. The molecule has 2 amide bonds. The molecule has 2 aliphatic heterocycles. The maximum absolute atomic E-state index is 13.1. The summed E-state index contributed by atoms with van der Waals surface area (Å²) in [6, 6.07) is 15.7. The fourth-order valence-corrected chi connectivity index (χ4v) is 8.52.